The van der Waals surface area contributed by atoms with Crippen molar-refractivity contribution in [3.05, 3.63) is 51.0 Å². The van der Waals surface area contributed by atoms with Crippen LogP contribution < -0.4 is 11.1 Å². The van der Waals surface area contributed by atoms with Gasteiger partial charge in [0.1, 0.15) is 11.2 Å². The number of phenols is 5. The second-order valence-electron chi connectivity index (χ2n) is 7.28. The zero-order chi connectivity index (χ0) is 22.5. The number of hydrogen-bond acceptors (Lipinski definition) is 10. The number of rotatable bonds is 1. The maximum absolute atomic E-state index is 12.7. The van der Waals surface area contributed by atoms with Gasteiger partial charge in [0.25, 0.3) is 0 Å². The quantitative estimate of drug-likeness (QED) is 0.146. The molecule has 6 rings (SSSR count). The Hall–Kier alpha value is -4.86. The maximum atomic E-state index is 12.7. The first-order chi connectivity index (χ1) is 15.2. The summed E-state index contributed by atoms with van der Waals surface area (Å²) in [5, 5.41) is 50.5. The number of benzene rings is 3. The summed E-state index contributed by atoms with van der Waals surface area (Å²) < 4.78 is 17.0. The summed E-state index contributed by atoms with van der Waals surface area (Å²) in [6.07, 6.45) is 0. The molecule has 5 N–H and O–H groups in total. The van der Waals surface area contributed by atoms with Crippen molar-refractivity contribution >= 4 is 43.9 Å². The highest BCUT2D eigenvalue weighted by Gasteiger charge is 2.27. The van der Waals surface area contributed by atoms with Crippen LogP contribution in [0.25, 0.3) is 55.2 Å². The molecule has 0 aliphatic heterocycles. The number of phenolic OH excluding ortho intramolecular Hbond substituents is 5. The van der Waals surface area contributed by atoms with Gasteiger partial charge in [0.15, 0.2) is 45.4 Å². The van der Waals surface area contributed by atoms with Gasteiger partial charge in [0, 0.05) is 28.5 Å². The van der Waals surface area contributed by atoms with Gasteiger partial charge in [-0.25, -0.2) is 4.79 Å². The molecule has 32 heavy (non-hydrogen) atoms. The van der Waals surface area contributed by atoms with Crippen LogP contribution in [0.3, 0.4) is 0 Å². The lowest BCUT2D eigenvalue weighted by Crippen LogP contribution is -2.04. The first-order valence-corrected chi connectivity index (χ1v) is 9.14. The van der Waals surface area contributed by atoms with Gasteiger partial charge in [-0.1, -0.05) is 0 Å². The van der Waals surface area contributed by atoms with Crippen molar-refractivity contribution in [2.45, 2.75) is 0 Å². The topological polar surface area (TPSA) is 175 Å². The van der Waals surface area contributed by atoms with Crippen molar-refractivity contribution in [1.29, 1.82) is 0 Å². The molecule has 0 aliphatic rings. The Morgan fingerprint density at radius 2 is 1.22 bits per heavy atom. The molecule has 0 spiro atoms. The molecule has 3 aromatic heterocycles. The predicted molar refractivity (Wildman–Crippen MR) is 111 cm³/mol. The van der Waals surface area contributed by atoms with E-state index in [1.165, 1.54) is 6.07 Å². The molecule has 6 aromatic rings. The molecule has 0 fully saturated rings. The molecule has 0 amide bonds. The average Bonchev–Trinajstić information content (AvgIpc) is 2.74. The Morgan fingerprint density at radius 3 is 1.91 bits per heavy atom. The van der Waals surface area contributed by atoms with E-state index >= 15 is 0 Å². The fourth-order valence-electron chi connectivity index (χ4n) is 4.02. The Labute approximate surface area is 174 Å². The van der Waals surface area contributed by atoms with E-state index in [9.17, 15) is 35.1 Å². The van der Waals surface area contributed by atoms with Gasteiger partial charge >= 0.3 is 5.63 Å². The van der Waals surface area contributed by atoms with E-state index in [4.69, 9.17) is 13.3 Å². The molecule has 10 heteroatoms. The van der Waals surface area contributed by atoms with E-state index in [1.807, 2.05) is 0 Å². The number of hydrogen-bond donors (Lipinski definition) is 5. The van der Waals surface area contributed by atoms with Gasteiger partial charge < -0.3 is 38.8 Å². The highest BCUT2D eigenvalue weighted by Crippen LogP contribution is 2.48. The third-order valence-electron chi connectivity index (χ3n) is 5.38. The Kier molecular flexibility index (Phi) is 3.16. The minimum absolute atomic E-state index is 0.00718. The minimum Gasteiger partial charge on any atom is -0.504 e. The second kappa shape index (κ2) is 5.64. The highest BCUT2D eigenvalue weighted by molar-refractivity contribution is 6.28. The van der Waals surface area contributed by atoms with E-state index in [0.717, 1.165) is 24.3 Å². The molecule has 0 aliphatic carbocycles. The SMILES string of the molecule is O=c1cc2oc(-c3cc(O)c(O)c(O)c3)c3oc(=O)c4cc(O)c(O)c5oc(c1)c2c3c54. The van der Waals surface area contributed by atoms with Gasteiger partial charge in [-0.3, -0.25) is 4.79 Å². The summed E-state index contributed by atoms with van der Waals surface area (Å²) in [6, 6.07) is 5.50. The molecule has 3 aromatic carbocycles. The molecule has 0 atom stereocenters. The maximum Gasteiger partial charge on any atom is 0.344 e. The molecule has 3 heterocycles. The standard InChI is InChI=1S/C22H10O10/c23-7-3-12-15-13(4-7)31-20-14-8(5-11(26)18(20)28)22(29)32-21(16(14)15)19(30-12)6-1-9(24)17(27)10(25)2-6/h1-5,24-28H. The molecular weight excluding hydrogens is 424 g/mol. The first kappa shape index (κ1) is 18.0. The van der Waals surface area contributed by atoms with Crippen LogP contribution in [-0.2, 0) is 0 Å². The smallest absolute Gasteiger partial charge is 0.344 e. The minimum atomic E-state index is -0.889. The Balaban J connectivity index is 1.96. The van der Waals surface area contributed by atoms with E-state index in [1.54, 1.807) is 0 Å². The fraction of sp³-hybridized carbons (Fsp3) is 0. The zero-order valence-corrected chi connectivity index (χ0v) is 15.7. The van der Waals surface area contributed by atoms with Crippen LogP contribution >= 0.6 is 0 Å². The van der Waals surface area contributed by atoms with Crippen LogP contribution in [-0.4, -0.2) is 25.5 Å². The van der Waals surface area contributed by atoms with Gasteiger partial charge in [-0.15, -0.1) is 0 Å². The molecule has 0 radical (unpaired) electrons. The molecule has 0 saturated carbocycles. The zero-order valence-electron chi connectivity index (χ0n) is 15.7. The van der Waals surface area contributed by atoms with Crippen LogP contribution in [0, 0.1) is 0 Å². The van der Waals surface area contributed by atoms with E-state index < -0.39 is 39.8 Å². The van der Waals surface area contributed by atoms with Crippen molar-refractivity contribution in [2.24, 2.45) is 0 Å². The molecule has 0 saturated heterocycles. The van der Waals surface area contributed by atoms with Crippen molar-refractivity contribution in [1.82, 2.24) is 0 Å². The summed E-state index contributed by atoms with van der Waals surface area (Å²) in [6.45, 7) is 0. The summed E-state index contributed by atoms with van der Waals surface area (Å²) in [5.74, 6) is -3.48. The van der Waals surface area contributed by atoms with Gasteiger partial charge in [0.2, 0.25) is 5.75 Å². The lowest BCUT2D eigenvalue weighted by molar-refractivity contribution is 0.368. The van der Waals surface area contributed by atoms with Crippen molar-refractivity contribution in [3.8, 4) is 40.1 Å². The summed E-state index contributed by atoms with van der Waals surface area (Å²) in [4.78, 5) is 25.0. The Bertz CT molecular complexity index is 1850. The van der Waals surface area contributed by atoms with E-state index in [0.29, 0.717) is 0 Å². The van der Waals surface area contributed by atoms with Crippen molar-refractivity contribution < 1.29 is 38.8 Å². The van der Waals surface area contributed by atoms with Gasteiger partial charge in [-0.05, 0) is 18.2 Å². The van der Waals surface area contributed by atoms with Crippen molar-refractivity contribution in [2.75, 3.05) is 0 Å². The molecule has 158 valence electrons. The number of aromatic hydroxyl groups is 5. The summed E-state index contributed by atoms with van der Waals surface area (Å²) in [7, 11) is 0. The molecular formula is C22H10O10. The van der Waals surface area contributed by atoms with Crippen LogP contribution in [0.4, 0.5) is 0 Å². The lowest BCUT2D eigenvalue weighted by Gasteiger charge is -2.15. The van der Waals surface area contributed by atoms with Gasteiger partial charge in [-0.2, -0.15) is 0 Å². The fourth-order valence-corrected chi connectivity index (χ4v) is 4.02. The van der Waals surface area contributed by atoms with Crippen LogP contribution in [0.1, 0.15) is 0 Å². The Morgan fingerprint density at radius 1 is 0.594 bits per heavy atom. The third kappa shape index (κ3) is 2.12. The summed E-state index contributed by atoms with van der Waals surface area (Å²) >= 11 is 0. The normalized spacial score (nSPS) is 12.0. The van der Waals surface area contributed by atoms with Crippen LogP contribution in [0.2, 0.25) is 0 Å². The second-order valence-corrected chi connectivity index (χ2v) is 7.28. The highest BCUT2D eigenvalue weighted by atomic mass is 16.4. The van der Waals surface area contributed by atoms with Crippen molar-refractivity contribution in [3.63, 3.8) is 0 Å². The van der Waals surface area contributed by atoms with E-state index in [2.05, 4.69) is 0 Å². The third-order valence-corrected chi connectivity index (χ3v) is 5.38. The monoisotopic (exact) mass is 434 g/mol. The molecule has 0 unspecified atom stereocenters. The van der Waals surface area contributed by atoms with Crippen LogP contribution in [0.5, 0.6) is 28.7 Å². The van der Waals surface area contributed by atoms with Gasteiger partial charge in [0.05, 0.1) is 10.8 Å². The summed E-state index contributed by atoms with van der Waals surface area (Å²) in [5.41, 5.74) is -1.69. The lowest BCUT2D eigenvalue weighted by atomic mass is 9.99. The van der Waals surface area contributed by atoms with E-state index in [-0.39, 0.29) is 55.2 Å². The van der Waals surface area contributed by atoms with Crippen LogP contribution in [0.15, 0.2) is 53.2 Å². The average molecular weight is 434 g/mol. The first-order valence-electron chi connectivity index (χ1n) is 9.14. The largest absolute Gasteiger partial charge is 0.504 e. The predicted octanol–water partition coefficient (Wildman–Crippen LogP) is 3.43. The molecule has 10 nitrogen and oxygen atoms in total. The molecule has 0 bridgehead atoms.